The zero-order valence-corrected chi connectivity index (χ0v) is 12.2. The van der Waals surface area contributed by atoms with Crippen molar-refractivity contribution in [3.05, 3.63) is 29.8 Å². The van der Waals surface area contributed by atoms with Gasteiger partial charge in [-0.15, -0.1) is 0 Å². The van der Waals surface area contributed by atoms with Crippen LogP contribution in [-0.2, 0) is 9.53 Å². The lowest BCUT2D eigenvalue weighted by molar-refractivity contribution is -0.125. The zero-order valence-electron chi connectivity index (χ0n) is 12.2. The van der Waals surface area contributed by atoms with Gasteiger partial charge >= 0.3 is 0 Å². The van der Waals surface area contributed by atoms with Gasteiger partial charge in [0.05, 0.1) is 19.1 Å². The third-order valence-electron chi connectivity index (χ3n) is 3.52. The molecule has 1 amide bonds. The monoisotopic (exact) mass is 277 g/mol. The summed E-state index contributed by atoms with van der Waals surface area (Å²) in [4.78, 5) is 11.7. The van der Waals surface area contributed by atoms with Crippen LogP contribution in [0.2, 0.25) is 0 Å². The first kappa shape index (κ1) is 14.9. The van der Waals surface area contributed by atoms with Crippen LogP contribution in [0, 0.1) is 5.92 Å². The normalized spacial score (nSPS) is 18.2. The van der Waals surface area contributed by atoms with E-state index in [9.17, 15) is 4.79 Å². The van der Waals surface area contributed by atoms with Crippen LogP contribution in [0.15, 0.2) is 24.3 Å². The molecule has 4 nitrogen and oxygen atoms in total. The van der Waals surface area contributed by atoms with Crippen LogP contribution in [0.4, 0.5) is 0 Å². The van der Waals surface area contributed by atoms with Crippen molar-refractivity contribution in [3.63, 3.8) is 0 Å². The molecule has 0 radical (unpaired) electrons. The lowest BCUT2D eigenvalue weighted by Gasteiger charge is -2.11. The van der Waals surface area contributed by atoms with Crippen LogP contribution < -0.4 is 10.1 Å². The number of hydrogen-bond donors (Lipinski definition) is 1. The van der Waals surface area contributed by atoms with Crippen molar-refractivity contribution in [1.29, 1.82) is 0 Å². The molecule has 0 spiro atoms. The minimum Gasteiger partial charge on any atom is -0.492 e. The van der Waals surface area contributed by atoms with Crippen molar-refractivity contribution in [2.24, 2.45) is 5.92 Å². The Morgan fingerprint density at radius 3 is 2.75 bits per heavy atom. The van der Waals surface area contributed by atoms with Crippen LogP contribution in [0.1, 0.15) is 31.7 Å². The lowest BCUT2D eigenvalue weighted by atomic mass is 10.0. The lowest BCUT2D eigenvalue weighted by Crippen LogP contribution is -2.33. The summed E-state index contributed by atoms with van der Waals surface area (Å²) in [5.74, 6) is 1.45. The van der Waals surface area contributed by atoms with Crippen molar-refractivity contribution in [1.82, 2.24) is 5.32 Å². The molecule has 0 aliphatic carbocycles. The molecule has 1 atom stereocenters. The second kappa shape index (κ2) is 7.29. The predicted molar refractivity (Wildman–Crippen MR) is 78.0 cm³/mol. The van der Waals surface area contributed by atoms with E-state index < -0.39 is 0 Å². The van der Waals surface area contributed by atoms with Gasteiger partial charge in [0.25, 0.3) is 0 Å². The molecular formula is C16H23NO3. The van der Waals surface area contributed by atoms with E-state index in [-0.39, 0.29) is 11.8 Å². The molecule has 2 rings (SSSR count). The molecule has 1 aliphatic heterocycles. The van der Waals surface area contributed by atoms with Gasteiger partial charge in [-0.2, -0.15) is 0 Å². The fourth-order valence-electron chi connectivity index (χ4n) is 2.18. The summed E-state index contributed by atoms with van der Waals surface area (Å²) >= 11 is 0. The number of ether oxygens (including phenoxy) is 2. The molecule has 1 N–H and O–H groups in total. The van der Waals surface area contributed by atoms with Gasteiger partial charge in [-0.25, -0.2) is 0 Å². The van der Waals surface area contributed by atoms with Gasteiger partial charge < -0.3 is 14.8 Å². The molecule has 110 valence electrons. The molecule has 1 saturated heterocycles. The van der Waals surface area contributed by atoms with Gasteiger partial charge in [-0.05, 0) is 30.0 Å². The highest BCUT2D eigenvalue weighted by Crippen LogP contribution is 2.18. The van der Waals surface area contributed by atoms with Crippen LogP contribution in [0.5, 0.6) is 5.75 Å². The van der Waals surface area contributed by atoms with Gasteiger partial charge in [-0.1, -0.05) is 26.0 Å². The molecule has 0 bridgehead atoms. The van der Waals surface area contributed by atoms with Gasteiger partial charge in [0.15, 0.2) is 0 Å². The molecule has 1 fully saturated rings. The molecule has 20 heavy (non-hydrogen) atoms. The largest absolute Gasteiger partial charge is 0.492 e. The Morgan fingerprint density at radius 2 is 2.15 bits per heavy atom. The Balaban J connectivity index is 1.66. The number of amides is 1. The third-order valence-corrected chi connectivity index (χ3v) is 3.52. The fraction of sp³-hybridized carbons (Fsp3) is 0.562. The average Bonchev–Trinajstić information content (AvgIpc) is 2.98. The van der Waals surface area contributed by atoms with Crippen molar-refractivity contribution in [2.75, 3.05) is 26.4 Å². The second-order valence-corrected chi connectivity index (χ2v) is 5.42. The molecule has 0 saturated carbocycles. The second-order valence-electron chi connectivity index (χ2n) is 5.42. The van der Waals surface area contributed by atoms with Gasteiger partial charge in [-0.3, -0.25) is 4.79 Å². The van der Waals surface area contributed by atoms with Crippen molar-refractivity contribution >= 4 is 5.91 Å². The molecule has 1 aromatic rings. The first-order valence-electron chi connectivity index (χ1n) is 7.25. The number of hydrogen-bond acceptors (Lipinski definition) is 3. The van der Waals surface area contributed by atoms with Gasteiger partial charge in [0.1, 0.15) is 12.4 Å². The molecule has 4 heteroatoms. The summed E-state index contributed by atoms with van der Waals surface area (Å²) in [6.07, 6.45) is 0.823. The number of carbonyl (C=O) groups is 1. The average molecular weight is 277 g/mol. The van der Waals surface area contributed by atoms with Crippen LogP contribution in [0.3, 0.4) is 0 Å². The SMILES string of the molecule is CC(C)c1ccc(OCCNC(=O)C2CCOC2)cc1. The fourth-order valence-corrected chi connectivity index (χ4v) is 2.18. The van der Waals surface area contributed by atoms with Crippen molar-refractivity contribution in [3.8, 4) is 5.75 Å². The molecule has 0 aromatic heterocycles. The zero-order chi connectivity index (χ0) is 14.4. The van der Waals surface area contributed by atoms with Crippen LogP contribution >= 0.6 is 0 Å². The minimum atomic E-state index is 0.0142. The number of rotatable bonds is 6. The Kier molecular flexibility index (Phi) is 5.41. The highest BCUT2D eigenvalue weighted by atomic mass is 16.5. The van der Waals surface area contributed by atoms with Gasteiger partial charge in [0.2, 0.25) is 5.91 Å². The molecule has 1 aromatic carbocycles. The summed E-state index contributed by atoms with van der Waals surface area (Å²) in [5, 5.41) is 2.88. The van der Waals surface area contributed by atoms with Crippen LogP contribution in [-0.4, -0.2) is 32.3 Å². The number of carbonyl (C=O) groups excluding carboxylic acids is 1. The smallest absolute Gasteiger partial charge is 0.225 e. The first-order valence-corrected chi connectivity index (χ1v) is 7.25. The van der Waals surface area contributed by atoms with E-state index in [0.29, 0.717) is 32.3 Å². The maximum Gasteiger partial charge on any atom is 0.225 e. The number of benzene rings is 1. The Morgan fingerprint density at radius 1 is 1.40 bits per heavy atom. The highest BCUT2D eigenvalue weighted by Gasteiger charge is 2.22. The van der Waals surface area contributed by atoms with E-state index in [1.54, 1.807) is 0 Å². The topological polar surface area (TPSA) is 47.6 Å². The Hall–Kier alpha value is -1.55. The van der Waals surface area contributed by atoms with E-state index in [2.05, 4.69) is 31.3 Å². The number of nitrogens with one attached hydrogen (secondary N) is 1. The maximum atomic E-state index is 11.7. The standard InChI is InChI=1S/C16H23NO3/c1-12(2)13-3-5-15(6-4-13)20-10-8-17-16(18)14-7-9-19-11-14/h3-6,12,14H,7-11H2,1-2H3,(H,17,18). The Labute approximate surface area is 120 Å². The highest BCUT2D eigenvalue weighted by molar-refractivity contribution is 5.78. The maximum absolute atomic E-state index is 11.7. The van der Waals surface area contributed by atoms with Crippen molar-refractivity contribution in [2.45, 2.75) is 26.2 Å². The predicted octanol–water partition coefficient (Wildman–Crippen LogP) is 2.34. The molecular weight excluding hydrogens is 254 g/mol. The molecule has 1 unspecified atom stereocenters. The quantitative estimate of drug-likeness (QED) is 0.812. The summed E-state index contributed by atoms with van der Waals surface area (Å²) in [5.41, 5.74) is 1.30. The molecule has 1 heterocycles. The Bertz CT molecular complexity index is 422. The van der Waals surface area contributed by atoms with Gasteiger partial charge in [0, 0.05) is 6.61 Å². The van der Waals surface area contributed by atoms with E-state index in [0.717, 1.165) is 12.2 Å². The summed E-state index contributed by atoms with van der Waals surface area (Å²) < 4.78 is 10.8. The van der Waals surface area contributed by atoms with Crippen LogP contribution in [0.25, 0.3) is 0 Å². The summed E-state index contributed by atoms with van der Waals surface area (Å²) in [6, 6.07) is 8.10. The van der Waals surface area contributed by atoms with E-state index in [1.807, 2.05) is 12.1 Å². The minimum absolute atomic E-state index is 0.0142. The summed E-state index contributed by atoms with van der Waals surface area (Å²) in [7, 11) is 0. The molecule has 1 aliphatic rings. The van der Waals surface area contributed by atoms with E-state index >= 15 is 0 Å². The van der Waals surface area contributed by atoms with Crippen molar-refractivity contribution < 1.29 is 14.3 Å². The van der Waals surface area contributed by atoms with E-state index in [4.69, 9.17) is 9.47 Å². The summed E-state index contributed by atoms with van der Waals surface area (Å²) in [6.45, 7) is 6.58. The first-order chi connectivity index (χ1) is 9.66. The van der Waals surface area contributed by atoms with E-state index in [1.165, 1.54) is 5.56 Å². The third kappa shape index (κ3) is 4.23.